The lowest BCUT2D eigenvalue weighted by Crippen LogP contribution is -2.10. The van der Waals surface area contributed by atoms with E-state index in [9.17, 15) is 0 Å². The van der Waals surface area contributed by atoms with Crippen molar-refractivity contribution in [3.05, 3.63) is 57.5 Å². The predicted molar refractivity (Wildman–Crippen MR) is 92.5 cm³/mol. The van der Waals surface area contributed by atoms with Gasteiger partial charge in [-0.25, -0.2) is 0 Å². The second-order valence-electron chi connectivity index (χ2n) is 4.16. The molecule has 0 saturated carbocycles. The zero-order valence-corrected chi connectivity index (χ0v) is 14.2. The summed E-state index contributed by atoms with van der Waals surface area (Å²) in [6.45, 7) is 0.817. The Bertz CT molecular complexity index is 634. The summed E-state index contributed by atoms with van der Waals surface area (Å²) in [5.41, 5.74) is 6.34. The van der Waals surface area contributed by atoms with Gasteiger partial charge in [-0.1, -0.05) is 39.7 Å². The molecule has 0 unspecified atom stereocenters. The first-order valence-corrected chi connectivity index (χ1v) is 7.74. The van der Waals surface area contributed by atoms with E-state index in [0.717, 1.165) is 15.8 Å². The van der Waals surface area contributed by atoms with Crippen molar-refractivity contribution in [2.75, 3.05) is 13.2 Å². The average molecular weight is 387 g/mol. The van der Waals surface area contributed by atoms with Crippen LogP contribution in [0.1, 0.15) is 5.56 Å². The lowest BCUT2D eigenvalue weighted by Gasteiger charge is -2.10. The van der Waals surface area contributed by atoms with Gasteiger partial charge in [0.05, 0.1) is 5.02 Å². The minimum absolute atomic E-state index is 0.370. The zero-order chi connectivity index (χ0) is 15.2. The third kappa shape index (κ3) is 4.88. The standard InChI is InChI=1S/C15H13BrClNO2S/c16-11-3-6-14(13(17)9-11)20-8-7-19-12-4-1-10(2-5-12)15(18)21/h1-6,9H,7-8H2,(H2,18,21). The van der Waals surface area contributed by atoms with Gasteiger partial charge < -0.3 is 15.2 Å². The first kappa shape index (κ1) is 16.1. The highest BCUT2D eigenvalue weighted by Crippen LogP contribution is 2.27. The molecule has 6 heteroatoms. The van der Waals surface area contributed by atoms with Gasteiger partial charge in [-0.05, 0) is 42.5 Å². The molecule has 0 heterocycles. The first-order valence-electron chi connectivity index (χ1n) is 6.17. The van der Waals surface area contributed by atoms with Crippen molar-refractivity contribution in [1.82, 2.24) is 0 Å². The van der Waals surface area contributed by atoms with E-state index in [-0.39, 0.29) is 0 Å². The second-order valence-corrected chi connectivity index (χ2v) is 5.92. The van der Waals surface area contributed by atoms with Crippen molar-refractivity contribution in [1.29, 1.82) is 0 Å². The summed E-state index contributed by atoms with van der Waals surface area (Å²) >= 11 is 14.3. The molecule has 0 atom stereocenters. The third-order valence-electron chi connectivity index (χ3n) is 2.64. The van der Waals surface area contributed by atoms with Crippen LogP contribution in [-0.4, -0.2) is 18.2 Å². The van der Waals surface area contributed by atoms with E-state index in [1.165, 1.54) is 0 Å². The van der Waals surface area contributed by atoms with Gasteiger partial charge >= 0.3 is 0 Å². The van der Waals surface area contributed by atoms with Gasteiger partial charge in [-0.3, -0.25) is 0 Å². The predicted octanol–water partition coefficient (Wildman–Crippen LogP) is 4.19. The fourth-order valence-corrected chi connectivity index (χ4v) is 2.48. The van der Waals surface area contributed by atoms with Crippen molar-refractivity contribution >= 4 is 44.7 Å². The summed E-state index contributed by atoms with van der Waals surface area (Å²) in [6, 6.07) is 12.8. The van der Waals surface area contributed by atoms with Gasteiger partial charge in [0.1, 0.15) is 29.7 Å². The van der Waals surface area contributed by atoms with Crippen LogP contribution in [0.5, 0.6) is 11.5 Å². The van der Waals surface area contributed by atoms with Gasteiger partial charge in [-0.2, -0.15) is 0 Å². The Hall–Kier alpha value is -1.30. The topological polar surface area (TPSA) is 44.5 Å². The van der Waals surface area contributed by atoms with E-state index in [0.29, 0.717) is 29.0 Å². The lowest BCUT2D eigenvalue weighted by molar-refractivity contribution is 0.217. The minimum Gasteiger partial charge on any atom is -0.490 e. The number of ether oxygens (including phenoxy) is 2. The van der Waals surface area contributed by atoms with Crippen molar-refractivity contribution < 1.29 is 9.47 Å². The van der Waals surface area contributed by atoms with Crippen molar-refractivity contribution in [3.63, 3.8) is 0 Å². The number of hydrogen-bond donors (Lipinski definition) is 1. The monoisotopic (exact) mass is 385 g/mol. The SMILES string of the molecule is NC(=S)c1ccc(OCCOc2ccc(Br)cc2Cl)cc1. The third-order valence-corrected chi connectivity index (χ3v) is 3.67. The van der Waals surface area contributed by atoms with Crippen LogP contribution in [0.25, 0.3) is 0 Å². The first-order chi connectivity index (χ1) is 10.1. The van der Waals surface area contributed by atoms with E-state index in [1.807, 2.05) is 36.4 Å². The molecule has 0 spiro atoms. The Balaban J connectivity index is 1.80. The molecule has 2 aromatic rings. The van der Waals surface area contributed by atoms with Gasteiger partial charge in [0.15, 0.2) is 0 Å². The van der Waals surface area contributed by atoms with E-state index in [1.54, 1.807) is 6.07 Å². The smallest absolute Gasteiger partial charge is 0.138 e. The van der Waals surface area contributed by atoms with Gasteiger partial charge in [-0.15, -0.1) is 0 Å². The molecule has 0 saturated heterocycles. The van der Waals surface area contributed by atoms with E-state index in [4.69, 9.17) is 39.0 Å². The average Bonchev–Trinajstić information content (AvgIpc) is 2.46. The maximum absolute atomic E-state index is 6.05. The Morgan fingerprint density at radius 3 is 2.38 bits per heavy atom. The summed E-state index contributed by atoms with van der Waals surface area (Å²) < 4.78 is 12.0. The summed E-state index contributed by atoms with van der Waals surface area (Å²) in [5.74, 6) is 1.37. The van der Waals surface area contributed by atoms with Gasteiger partial charge in [0.25, 0.3) is 0 Å². The molecule has 21 heavy (non-hydrogen) atoms. The van der Waals surface area contributed by atoms with Gasteiger partial charge in [0, 0.05) is 10.0 Å². The Morgan fingerprint density at radius 1 is 1.10 bits per heavy atom. The highest BCUT2D eigenvalue weighted by atomic mass is 79.9. The fourth-order valence-electron chi connectivity index (χ4n) is 1.62. The molecule has 0 bridgehead atoms. The van der Waals surface area contributed by atoms with Crippen molar-refractivity contribution in [2.24, 2.45) is 5.73 Å². The molecule has 110 valence electrons. The minimum atomic E-state index is 0.370. The van der Waals surface area contributed by atoms with E-state index < -0.39 is 0 Å². The molecule has 0 fully saturated rings. The maximum atomic E-state index is 6.05. The normalized spacial score (nSPS) is 10.2. The van der Waals surface area contributed by atoms with Crippen LogP contribution < -0.4 is 15.2 Å². The Labute approximate surface area is 142 Å². The van der Waals surface area contributed by atoms with Crippen LogP contribution in [0.2, 0.25) is 5.02 Å². The molecule has 0 aliphatic rings. The van der Waals surface area contributed by atoms with Crippen molar-refractivity contribution in [3.8, 4) is 11.5 Å². The molecule has 0 radical (unpaired) electrons. The van der Waals surface area contributed by atoms with Crippen molar-refractivity contribution in [2.45, 2.75) is 0 Å². The van der Waals surface area contributed by atoms with Gasteiger partial charge in [0.2, 0.25) is 0 Å². The number of halogens is 2. The maximum Gasteiger partial charge on any atom is 0.138 e. The van der Waals surface area contributed by atoms with Crippen LogP contribution in [0.4, 0.5) is 0 Å². The number of benzene rings is 2. The molecule has 2 aromatic carbocycles. The zero-order valence-electron chi connectivity index (χ0n) is 11.0. The summed E-state index contributed by atoms with van der Waals surface area (Å²) in [6.07, 6.45) is 0. The molecule has 0 aliphatic carbocycles. The lowest BCUT2D eigenvalue weighted by atomic mass is 10.2. The molecule has 3 nitrogen and oxygen atoms in total. The van der Waals surface area contributed by atoms with E-state index in [2.05, 4.69) is 15.9 Å². The number of nitrogens with two attached hydrogens (primary N) is 1. The molecule has 2 N–H and O–H groups in total. The number of thiocarbonyl (C=S) groups is 1. The van der Waals surface area contributed by atoms with Crippen LogP contribution in [0.3, 0.4) is 0 Å². The van der Waals surface area contributed by atoms with Crippen LogP contribution >= 0.6 is 39.7 Å². The van der Waals surface area contributed by atoms with Crippen LogP contribution in [0.15, 0.2) is 46.9 Å². The highest BCUT2D eigenvalue weighted by Gasteiger charge is 2.02. The van der Waals surface area contributed by atoms with E-state index >= 15 is 0 Å². The summed E-state index contributed by atoms with van der Waals surface area (Å²) in [7, 11) is 0. The Kier molecular flexibility index (Phi) is 5.85. The van der Waals surface area contributed by atoms with Crippen LogP contribution in [0, 0.1) is 0 Å². The molecule has 0 amide bonds. The second kappa shape index (κ2) is 7.64. The quantitative estimate of drug-likeness (QED) is 0.597. The Morgan fingerprint density at radius 2 is 1.76 bits per heavy atom. The highest BCUT2D eigenvalue weighted by molar-refractivity contribution is 9.10. The molecular formula is C15H13BrClNO2S. The molecular weight excluding hydrogens is 374 g/mol. The molecule has 0 aliphatic heterocycles. The van der Waals surface area contributed by atoms with Crippen LogP contribution in [-0.2, 0) is 0 Å². The number of rotatable bonds is 6. The molecule has 2 rings (SSSR count). The summed E-state index contributed by atoms with van der Waals surface area (Å²) in [4.78, 5) is 0.370. The largest absolute Gasteiger partial charge is 0.490 e. The molecule has 0 aromatic heterocycles. The number of hydrogen-bond acceptors (Lipinski definition) is 3. The summed E-state index contributed by atoms with van der Waals surface area (Å²) in [5, 5.41) is 0.560. The fraction of sp³-hybridized carbons (Fsp3) is 0.133.